The maximum Gasteiger partial charge on any atom is 0.321 e. The minimum atomic E-state index is -1.07. The molecule has 0 bridgehead atoms. The molecule has 6 heteroatoms. The van der Waals surface area contributed by atoms with Gasteiger partial charge in [-0.2, -0.15) is 0 Å². The number of carboxylic acids is 1. The second kappa shape index (κ2) is 6.10. The predicted octanol–water partition coefficient (Wildman–Crippen LogP) is 0.862. The van der Waals surface area contributed by atoms with E-state index in [1.807, 2.05) is 0 Å². The summed E-state index contributed by atoms with van der Waals surface area (Å²) < 4.78 is 4.23. The van der Waals surface area contributed by atoms with Crippen LogP contribution in [-0.2, 0) is 14.3 Å². The number of thioether (sulfide) groups is 1. The van der Waals surface area contributed by atoms with Crippen molar-refractivity contribution in [2.45, 2.75) is 44.6 Å². The van der Waals surface area contributed by atoms with Crippen molar-refractivity contribution >= 4 is 23.7 Å². The van der Waals surface area contributed by atoms with Gasteiger partial charge in [-0.3, -0.25) is 9.59 Å². The van der Waals surface area contributed by atoms with Crippen LogP contribution in [0.5, 0.6) is 0 Å². The van der Waals surface area contributed by atoms with Crippen LogP contribution in [-0.4, -0.2) is 39.7 Å². The number of hydrogen-bond donors (Lipinski definition) is 2. The lowest BCUT2D eigenvalue weighted by atomic mass is 10.1. The van der Waals surface area contributed by atoms with Crippen LogP contribution < -0.4 is 5.73 Å². The SMILES string of the molecule is CC(C)OC(=O)CSC(C)(C)[C@H](N)C(=O)O. The van der Waals surface area contributed by atoms with Gasteiger partial charge in [0.1, 0.15) is 6.04 Å². The number of carbonyl (C=O) groups is 2. The number of nitrogens with two attached hydrogens (primary N) is 1. The minimum Gasteiger partial charge on any atom is -0.480 e. The summed E-state index contributed by atoms with van der Waals surface area (Å²) in [7, 11) is 0. The number of hydrogen-bond acceptors (Lipinski definition) is 5. The average Bonchev–Trinajstić information content (AvgIpc) is 2.12. The Balaban J connectivity index is 4.18. The molecule has 16 heavy (non-hydrogen) atoms. The number of carboxylic acid groups (broad SMARTS) is 1. The quantitative estimate of drug-likeness (QED) is 0.679. The fourth-order valence-electron chi connectivity index (χ4n) is 0.929. The molecule has 0 radical (unpaired) electrons. The number of aliphatic carboxylic acids is 1. The molecule has 3 N–H and O–H groups in total. The van der Waals surface area contributed by atoms with Crippen LogP contribution in [0.4, 0.5) is 0 Å². The third-order valence-electron chi connectivity index (χ3n) is 1.94. The zero-order chi connectivity index (χ0) is 12.9. The highest BCUT2D eigenvalue weighted by Gasteiger charge is 2.33. The predicted molar refractivity (Wildman–Crippen MR) is 63.4 cm³/mol. The summed E-state index contributed by atoms with van der Waals surface area (Å²) in [5.41, 5.74) is 5.51. The molecule has 5 nitrogen and oxygen atoms in total. The number of rotatable bonds is 6. The molecule has 1 atom stereocenters. The van der Waals surface area contributed by atoms with E-state index < -0.39 is 16.8 Å². The fourth-order valence-corrected chi connectivity index (χ4v) is 1.77. The second-order valence-electron chi connectivity index (χ2n) is 4.25. The zero-order valence-electron chi connectivity index (χ0n) is 10.0. The molecular weight excluding hydrogens is 230 g/mol. The molecule has 94 valence electrons. The molecule has 0 saturated heterocycles. The smallest absolute Gasteiger partial charge is 0.321 e. The average molecular weight is 249 g/mol. The first-order chi connectivity index (χ1) is 7.16. The standard InChI is InChI=1S/C10H19NO4S/c1-6(2)15-7(12)5-16-10(3,4)8(11)9(13)14/h6,8H,5,11H2,1-4H3,(H,13,14)/t8-/m1/s1. The van der Waals surface area contributed by atoms with Crippen molar-refractivity contribution in [3.05, 3.63) is 0 Å². The van der Waals surface area contributed by atoms with Crippen LogP contribution in [0.3, 0.4) is 0 Å². The molecule has 0 aromatic carbocycles. The lowest BCUT2D eigenvalue weighted by molar-refractivity contribution is -0.144. The third kappa shape index (κ3) is 5.37. The molecule has 0 spiro atoms. The Kier molecular flexibility index (Phi) is 5.81. The summed E-state index contributed by atoms with van der Waals surface area (Å²) in [6, 6.07) is -1.01. The molecule has 0 aromatic heterocycles. The molecule has 0 amide bonds. The third-order valence-corrected chi connectivity index (χ3v) is 3.32. The van der Waals surface area contributed by atoms with Gasteiger partial charge < -0.3 is 15.6 Å². The number of esters is 1. The Morgan fingerprint density at radius 3 is 2.31 bits per heavy atom. The van der Waals surface area contributed by atoms with Gasteiger partial charge in [0.2, 0.25) is 0 Å². The van der Waals surface area contributed by atoms with Crippen LogP contribution in [0, 0.1) is 0 Å². The normalized spacial score (nSPS) is 13.6. The first-order valence-corrected chi connectivity index (χ1v) is 5.97. The van der Waals surface area contributed by atoms with E-state index in [4.69, 9.17) is 15.6 Å². The maximum absolute atomic E-state index is 11.3. The van der Waals surface area contributed by atoms with Crippen molar-refractivity contribution in [1.82, 2.24) is 0 Å². The summed E-state index contributed by atoms with van der Waals surface area (Å²) >= 11 is 1.18. The van der Waals surface area contributed by atoms with Crippen molar-refractivity contribution in [2.75, 3.05) is 5.75 Å². The lowest BCUT2D eigenvalue weighted by Gasteiger charge is -2.27. The molecule has 0 unspecified atom stereocenters. The summed E-state index contributed by atoms with van der Waals surface area (Å²) in [6.45, 7) is 6.91. The second-order valence-corrected chi connectivity index (χ2v) is 5.88. The lowest BCUT2D eigenvalue weighted by Crippen LogP contribution is -2.47. The van der Waals surface area contributed by atoms with E-state index in [9.17, 15) is 9.59 Å². The maximum atomic E-state index is 11.3. The largest absolute Gasteiger partial charge is 0.480 e. The number of carbonyl (C=O) groups excluding carboxylic acids is 1. The van der Waals surface area contributed by atoms with Crippen molar-refractivity contribution in [1.29, 1.82) is 0 Å². The minimum absolute atomic E-state index is 0.103. The summed E-state index contributed by atoms with van der Waals surface area (Å²) in [5, 5.41) is 8.77. The fraction of sp³-hybridized carbons (Fsp3) is 0.800. The van der Waals surface area contributed by atoms with Crippen LogP contribution in [0.1, 0.15) is 27.7 Å². The first-order valence-electron chi connectivity index (χ1n) is 4.98. The summed E-state index contributed by atoms with van der Waals surface area (Å²) in [5.74, 6) is -1.33. The summed E-state index contributed by atoms with van der Waals surface area (Å²) in [4.78, 5) is 22.0. The molecule has 0 aliphatic carbocycles. The van der Waals surface area contributed by atoms with Gasteiger partial charge in [-0.25, -0.2) is 0 Å². The van der Waals surface area contributed by atoms with Crippen molar-refractivity contribution in [3.63, 3.8) is 0 Å². The zero-order valence-corrected chi connectivity index (χ0v) is 10.8. The van der Waals surface area contributed by atoms with Crippen LogP contribution in [0.2, 0.25) is 0 Å². The Labute approximate surface area is 99.7 Å². The Bertz CT molecular complexity index is 266. The van der Waals surface area contributed by atoms with E-state index in [1.165, 1.54) is 11.8 Å². The molecule has 0 aromatic rings. The highest BCUT2D eigenvalue weighted by molar-refractivity contribution is 8.01. The molecule has 0 fully saturated rings. The molecule has 0 rings (SSSR count). The molecular formula is C10H19NO4S. The van der Waals surface area contributed by atoms with E-state index in [1.54, 1.807) is 27.7 Å². The first kappa shape index (κ1) is 15.2. The van der Waals surface area contributed by atoms with Crippen molar-refractivity contribution in [3.8, 4) is 0 Å². The van der Waals surface area contributed by atoms with Gasteiger partial charge in [-0.05, 0) is 27.7 Å². The van der Waals surface area contributed by atoms with Gasteiger partial charge in [-0.15, -0.1) is 11.8 Å². The van der Waals surface area contributed by atoms with E-state index in [2.05, 4.69) is 0 Å². The van der Waals surface area contributed by atoms with Gasteiger partial charge in [0.15, 0.2) is 0 Å². The molecule has 0 saturated carbocycles. The van der Waals surface area contributed by atoms with Gasteiger partial charge in [0.25, 0.3) is 0 Å². The van der Waals surface area contributed by atoms with Crippen LogP contribution >= 0.6 is 11.8 Å². The molecule has 0 aliphatic rings. The Hall–Kier alpha value is -0.750. The number of ether oxygens (including phenoxy) is 1. The molecule has 0 heterocycles. The Morgan fingerprint density at radius 2 is 1.94 bits per heavy atom. The van der Waals surface area contributed by atoms with E-state index in [0.29, 0.717) is 0 Å². The van der Waals surface area contributed by atoms with E-state index >= 15 is 0 Å². The van der Waals surface area contributed by atoms with Gasteiger partial charge in [-0.1, -0.05) is 0 Å². The van der Waals surface area contributed by atoms with Crippen molar-refractivity contribution < 1.29 is 19.4 Å². The van der Waals surface area contributed by atoms with Gasteiger partial charge >= 0.3 is 11.9 Å². The van der Waals surface area contributed by atoms with Gasteiger partial charge in [0.05, 0.1) is 11.9 Å². The van der Waals surface area contributed by atoms with E-state index in [0.717, 1.165) is 0 Å². The Morgan fingerprint density at radius 1 is 1.44 bits per heavy atom. The van der Waals surface area contributed by atoms with Crippen LogP contribution in [0.25, 0.3) is 0 Å². The highest BCUT2D eigenvalue weighted by Crippen LogP contribution is 2.27. The van der Waals surface area contributed by atoms with Gasteiger partial charge in [0, 0.05) is 4.75 Å². The summed E-state index contributed by atoms with van der Waals surface area (Å²) in [6.07, 6.45) is -0.163. The monoisotopic (exact) mass is 249 g/mol. The van der Waals surface area contributed by atoms with Crippen molar-refractivity contribution in [2.24, 2.45) is 5.73 Å². The highest BCUT2D eigenvalue weighted by atomic mass is 32.2. The molecule has 0 aliphatic heterocycles. The topological polar surface area (TPSA) is 89.6 Å². The van der Waals surface area contributed by atoms with Crippen LogP contribution in [0.15, 0.2) is 0 Å². The van der Waals surface area contributed by atoms with E-state index in [-0.39, 0.29) is 17.8 Å².